The molecule has 0 saturated carbocycles. The average molecular weight is 383 g/mol. The molecule has 0 fully saturated rings. The summed E-state index contributed by atoms with van der Waals surface area (Å²) in [6.45, 7) is 2.51. The SMILES string of the molecule is CCOc1ccc(NC(=O)c2cc(I)ccc2O)cc1. The van der Waals surface area contributed by atoms with Crippen LogP contribution in [0.25, 0.3) is 0 Å². The van der Waals surface area contributed by atoms with Crippen molar-refractivity contribution < 1.29 is 14.6 Å². The quantitative estimate of drug-likeness (QED) is 0.793. The molecule has 0 aromatic heterocycles. The number of hydrogen-bond acceptors (Lipinski definition) is 3. The number of carbonyl (C=O) groups excluding carboxylic acids is 1. The third kappa shape index (κ3) is 3.63. The lowest BCUT2D eigenvalue weighted by Gasteiger charge is -2.08. The van der Waals surface area contributed by atoms with Crippen LogP contribution in [0.1, 0.15) is 17.3 Å². The number of amides is 1. The van der Waals surface area contributed by atoms with Crippen molar-refractivity contribution >= 4 is 34.2 Å². The number of anilines is 1. The van der Waals surface area contributed by atoms with E-state index >= 15 is 0 Å². The summed E-state index contributed by atoms with van der Waals surface area (Å²) >= 11 is 2.09. The summed E-state index contributed by atoms with van der Waals surface area (Å²) in [7, 11) is 0. The first-order valence-electron chi connectivity index (χ1n) is 6.13. The Morgan fingerprint density at radius 2 is 1.95 bits per heavy atom. The monoisotopic (exact) mass is 383 g/mol. The van der Waals surface area contributed by atoms with Gasteiger partial charge in [-0.25, -0.2) is 0 Å². The summed E-state index contributed by atoms with van der Waals surface area (Å²) in [6.07, 6.45) is 0. The molecular weight excluding hydrogens is 369 g/mol. The van der Waals surface area contributed by atoms with E-state index in [0.717, 1.165) is 9.32 Å². The van der Waals surface area contributed by atoms with E-state index in [9.17, 15) is 9.90 Å². The highest BCUT2D eigenvalue weighted by atomic mass is 127. The van der Waals surface area contributed by atoms with Gasteiger partial charge in [0.25, 0.3) is 5.91 Å². The molecule has 0 bridgehead atoms. The van der Waals surface area contributed by atoms with E-state index in [1.54, 1.807) is 36.4 Å². The minimum absolute atomic E-state index is 0.0335. The van der Waals surface area contributed by atoms with Gasteiger partial charge in [-0.15, -0.1) is 0 Å². The summed E-state index contributed by atoms with van der Waals surface area (Å²) in [5.41, 5.74) is 0.905. The molecule has 0 spiro atoms. The van der Waals surface area contributed by atoms with Crippen molar-refractivity contribution in [1.82, 2.24) is 0 Å². The van der Waals surface area contributed by atoms with Crippen molar-refractivity contribution in [2.24, 2.45) is 0 Å². The van der Waals surface area contributed by atoms with Crippen LogP contribution in [0.5, 0.6) is 11.5 Å². The molecule has 0 aliphatic heterocycles. The molecule has 0 atom stereocenters. The van der Waals surface area contributed by atoms with Gasteiger partial charge in [-0.1, -0.05) is 0 Å². The molecule has 0 radical (unpaired) electrons. The normalized spacial score (nSPS) is 10.1. The van der Waals surface area contributed by atoms with Crippen molar-refractivity contribution in [3.05, 3.63) is 51.6 Å². The highest BCUT2D eigenvalue weighted by Gasteiger charge is 2.11. The van der Waals surface area contributed by atoms with Crippen LogP contribution in [0.2, 0.25) is 0 Å². The molecule has 2 aromatic carbocycles. The fourth-order valence-electron chi connectivity index (χ4n) is 1.69. The molecule has 2 rings (SSSR count). The second-order valence-electron chi connectivity index (χ2n) is 4.07. The first-order valence-corrected chi connectivity index (χ1v) is 7.20. The minimum Gasteiger partial charge on any atom is -0.507 e. The van der Waals surface area contributed by atoms with E-state index in [0.29, 0.717) is 12.3 Å². The smallest absolute Gasteiger partial charge is 0.259 e. The average Bonchev–Trinajstić information content (AvgIpc) is 2.44. The largest absolute Gasteiger partial charge is 0.507 e. The first kappa shape index (κ1) is 14.6. The van der Waals surface area contributed by atoms with Crippen molar-refractivity contribution in [2.45, 2.75) is 6.92 Å². The number of carbonyl (C=O) groups is 1. The molecule has 2 aromatic rings. The molecule has 0 aliphatic rings. The van der Waals surface area contributed by atoms with Gasteiger partial charge >= 0.3 is 0 Å². The highest BCUT2D eigenvalue weighted by Crippen LogP contribution is 2.22. The van der Waals surface area contributed by atoms with Gasteiger partial charge in [0, 0.05) is 9.26 Å². The lowest BCUT2D eigenvalue weighted by atomic mass is 10.2. The molecule has 20 heavy (non-hydrogen) atoms. The van der Waals surface area contributed by atoms with Crippen LogP contribution >= 0.6 is 22.6 Å². The standard InChI is InChI=1S/C15H14INO3/c1-2-20-12-6-4-11(5-7-12)17-15(19)13-9-10(16)3-8-14(13)18/h3-9,18H,2H2,1H3,(H,17,19). The molecule has 0 saturated heterocycles. The maximum absolute atomic E-state index is 12.1. The number of phenols is 1. The van der Waals surface area contributed by atoms with Crippen molar-refractivity contribution in [1.29, 1.82) is 0 Å². The van der Waals surface area contributed by atoms with Crippen LogP contribution < -0.4 is 10.1 Å². The zero-order valence-corrected chi connectivity index (χ0v) is 13.0. The molecule has 104 valence electrons. The van der Waals surface area contributed by atoms with Crippen LogP contribution in [0.3, 0.4) is 0 Å². The number of hydrogen-bond donors (Lipinski definition) is 2. The van der Waals surface area contributed by atoms with E-state index < -0.39 is 0 Å². The number of aromatic hydroxyl groups is 1. The number of nitrogens with one attached hydrogen (secondary N) is 1. The van der Waals surface area contributed by atoms with Gasteiger partial charge in [0.15, 0.2) is 0 Å². The molecule has 0 unspecified atom stereocenters. The Kier molecular flexibility index (Phi) is 4.84. The van der Waals surface area contributed by atoms with E-state index in [4.69, 9.17) is 4.74 Å². The summed E-state index contributed by atoms with van der Waals surface area (Å²) in [5, 5.41) is 12.5. The fourth-order valence-corrected chi connectivity index (χ4v) is 2.18. The second kappa shape index (κ2) is 6.60. The van der Waals surface area contributed by atoms with Crippen LogP contribution in [0.15, 0.2) is 42.5 Å². The van der Waals surface area contributed by atoms with Crippen LogP contribution in [0, 0.1) is 3.57 Å². The maximum atomic E-state index is 12.1. The fraction of sp³-hybridized carbons (Fsp3) is 0.133. The van der Waals surface area contributed by atoms with Gasteiger partial charge < -0.3 is 15.2 Å². The second-order valence-corrected chi connectivity index (χ2v) is 5.32. The molecule has 0 aliphatic carbocycles. The maximum Gasteiger partial charge on any atom is 0.259 e. The van der Waals surface area contributed by atoms with Gasteiger partial charge in [0.05, 0.1) is 12.2 Å². The van der Waals surface area contributed by atoms with Crippen molar-refractivity contribution in [3.63, 3.8) is 0 Å². The lowest BCUT2D eigenvalue weighted by Crippen LogP contribution is -2.12. The number of phenolic OH excluding ortho intramolecular Hbond substituents is 1. The van der Waals surface area contributed by atoms with Crippen LogP contribution in [0.4, 0.5) is 5.69 Å². The molecule has 4 nitrogen and oxygen atoms in total. The minimum atomic E-state index is -0.342. The zero-order chi connectivity index (χ0) is 14.5. The molecule has 2 N–H and O–H groups in total. The highest BCUT2D eigenvalue weighted by molar-refractivity contribution is 14.1. The van der Waals surface area contributed by atoms with E-state index in [1.165, 1.54) is 6.07 Å². The summed E-state index contributed by atoms with van der Waals surface area (Å²) in [4.78, 5) is 12.1. The topological polar surface area (TPSA) is 58.6 Å². The first-order chi connectivity index (χ1) is 9.60. The summed E-state index contributed by atoms with van der Waals surface area (Å²) in [5.74, 6) is 0.377. The van der Waals surface area contributed by atoms with Crippen LogP contribution in [-0.2, 0) is 0 Å². The number of ether oxygens (including phenoxy) is 1. The Hall–Kier alpha value is -1.76. The van der Waals surface area contributed by atoms with Gasteiger partial charge in [-0.2, -0.15) is 0 Å². The predicted octanol–water partition coefficient (Wildman–Crippen LogP) is 3.65. The van der Waals surface area contributed by atoms with Crippen LogP contribution in [-0.4, -0.2) is 17.6 Å². The number of benzene rings is 2. The van der Waals surface area contributed by atoms with Crippen molar-refractivity contribution in [2.75, 3.05) is 11.9 Å². The van der Waals surface area contributed by atoms with Gasteiger partial charge in [0.2, 0.25) is 0 Å². The third-order valence-corrected chi connectivity index (χ3v) is 3.30. The van der Waals surface area contributed by atoms with Crippen molar-refractivity contribution in [3.8, 4) is 11.5 Å². The van der Waals surface area contributed by atoms with E-state index in [2.05, 4.69) is 27.9 Å². The van der Waals surface area contributed by atoms with E-state index in [-0.39, 0.29) is 17.2 Å². The Labute approximate surface area is 130 Å². The lowest BCUT2D eigenvalue weighted by molar-refractivity contribution is 0.102. The Balaban J connectivity index is 2.13. The summed E-state index contributed by atoms with van der Waals surface area (Å²) < 4.78 is 6.22. The predicted molar refractivity (Wildman–Crippen MR) is 86.4 cm³/mol. The van der Waals surface area contributed by atoms with Gasteiger partial charge in [0.1, 0.15) is 11.5 Å². The molecule has 5 heteroatoms. The Morgan fingerprint density at radius 3 is 2.60 bits per heavy atom. The number of halogens is 1. The third-order valence-electron chi connectivity index (χ3n) is 2.63. The molecular formula is C15H14INO3. The number of rotatable bonds is 4. The van der Waals surface area contributed by atoms with Gasteiger partial charge in [-0.05, 0) is 72.0 Å². The summed E-state index contributed by atoms with van der Waals surface area (Å²) in [6, 6.07) is 12.0. The molecule has 1 amide bonds. The molecule has 0 heterocycles. The Morgan fingerprint density at radius 1 is 1.25 bits per heavy atom. The van der Waals surface area contributed by atoms with Gasteiger partial charge in [-0.3, -0.25) is 4.79 Å². The van der Waals surface area contributed by atoms with E-state index in [1.807, 2.05) is 6.92 Å². The zero-order valence-electron chi connectivity index (χ0n) is 10.9. The Bertz CT molecular complexity index is 611.